The van der Waals surface area contributed by atoms with Crippen LogP contribution in [-0.4, -0.2) is 54.4 Å². The average Bonchev–Trinajstić information content (AvgIpc) is 2.79. The molecule has 1 unspecified atom stereocenters. The van der Waals surface area contributed by atoms with E-state index in [1.54, 1.807) is 24.3 Å². The molecule has 0 saturated heterocycles. The van der Waals surface area contributed by atoms with Crippen LogP contribution in [0.3, 0.4) is 0 Å². The summed E-state index contributed by atoms with van der Waals surface area (Å²) >= 11 is 0. The minimum atomic E-state index is -3.92. The Kier molecular flexibility index (Phi) is 14.1. The number of unbranched alkanes of at least 4 members (excludes halogenated alkanes) is 2. The Morgan fingerprint density at radius 1 is 0.909 bits per heavy atom. The van der Waals surface area contributed by atoms with Gasteiger partial charge in [0.2, 0.25) is 0 Å². The Bertz CT molecular complexity index is 777. The van der Waals surface area contributed by atoms with Crippen LogP contribution >= 0.6 is 7.60 Å². The highest BCUT2D eigenvalue weighted by Crippen LogP contribution is 2.54. The van der Waals surface area contributed by atoms with Gasteiger partial charge in [0.05, 0.1) is 13.2 Å². The van der Waals surface area contributed by atoms with E-state index in [-0.39, 0.29) is 24.8 Å². The Labute approximate surface area is 199 Å². The van der Waals surface area contributed by atoms with E-state index in [2.05, 4.69) is 4.99 Å². The number of ketones is 1. The summed E-state index contributed by atoms with van der Waals surface area (Å²) in [4.78, 5) is 32.3. The number of nitrogens with zero attached hydrogens (tertiary/aromatic N) is 2. The summed E-state index contributed by atoms with van der Waals surface area (Å²) in [6.07, 6.45) is 4.64. The summed E-state index contributed by atoms with van der Waals surface area (Å²) in [6, 6.07) is 8.68. The van der Waals surface area contributed by atoms with Gasteiger partial charge < -0.3 is 13.9 Å². The fraction of sp³-hybridized carbons (Fsp3) is 0.640. The highest BCUT2D eigenvalue weighted by atomic mass is 31.2. The van der Waals surface area contributed by atoms with E-state index in [4.69, 9.17) is 9.05 Å². The minimum absolute atomic E-state index is 0.177. The topological polar surface area (TPSA) is 85.3 Å². The largest absolute Gasteiger partial charge is 0.359 e. The molecule has 0 radical (unpaired) electrons. The third-order valence-corrected chi connectivity index (χ3v) is 7.34. The molecule has 0 spiro atoms. The molecule has 0 aliphatic heterocycles. The van der Waals surface area contributed by atoms with Crippen LogP contribution < -0.4 is 0 Å². The number of hydrogen-bond acceptors (Lipinski definition) is 5. The van der Waals surface area contributed by atoms with Gasteiger partial charge in [0, 0.05) is 18.7 Å². The number of Topliss-reactive ketones (excluding diaryl/α,β-unsaturated/α-hetero) is 1. The first kappa shape index (κ1) is 29.2. The van der Waals surface area contributed by atoms with E-state index < -0.39 is 19.2 Å². The second-order valence-corrected chi connectivity index (χ2v) is 10.2. The zero-order valence-corrected chi connectivity index (χ0v) is 21.8. The predicted molar refractivity (Wildman–Crippen MR) is 134 cm³/mol. The number of carbonyl (C=O) groups is 2. The molecular weight excluding hydrogens is 439 g/mol. The lowest BCUT2D eigenvalue weighted by atomic mass is 10.2. The lowest BCUT2D eigenvalue weighted by Crippen LogP contribution is -2.44. The first-order chi connectivity index (χ1) is 15.8. The third kappa shape index (κ3) is 9.52. The predicted octanol–water partition coefficient (Wildman–Crippen LogP) is 6.13. The van der Waals surface area contributed by atoms with Crippen molar-refractivity contribution >= 4 is 25.1 Å². The summed E-state index contributed by atoms with van der Waals surface area (Å²) in [5.41, 5.74) is -0.851. The molecule has 1 aromatic carbocycles. The Morgan fingerprint density at radius 2 is 1.42 bits per heavy atom. The first-order valence-corrected chi connectivity index (χ1v) is 13.8. The number of hydrogen-bond donors (Lipinski definition) is 0. The van der Waals surface area contributed by atoms with Crippen molar-refractivity contribution < 1.29 is 23.2 Å². The van der Waals surface area contributed by atoms with Gasteiger partial charge in [0.15, 0.2) is 11.4 Å². The fourth-order valence-corrected chi connectivity index (χ4v) is 5.43. The highest BCUT2D eigenvalue weighted by molar-refractivity contribution is 7.57. The molecule has 1 rings (SSSR count). The molecule has 0 aromatic heterocycles. The lowest BCUT2D eigenvalue weighted by molar-refractivity contribution is -0.116. The summed E-state index contributed by atoms with van der Waals surface area (Å²) in [5, 5.41) is 0. The van der Waals surface area contributed by atoms with Crippen molar-refractivity contribution in [3.63, 3.8) is 0 Å². The van der Waals surface area contributed by atoms with E-state index in [0.29, 0.717) is 31.5 Å². The number of aliphatic imine (C=N–C) groups is 1. The van der Waals surface area contributed by atoms with Crippen molar-refractivity contribution in [1.82, 2.24) is 4.90 Å². The lowest BCUT2D eigenvalue weighted by Gasteiger charge is -2.33. The molecule has 186 valence electrons. The van der Waals surface area contributed by atoms with Gasteiger partial charge >= 0.3 is 7.60 Å². The van der Waals surface area contributed by atoms with Gasteiger partial charge in [0.1, 0.15) is 5.84 Å². The quantitative estimate of drug-likeness (QED) is 0.122. The van der Waals surface area contributed by atoms with E-state index in [1.165, 1.54) is 6.92 Å². The van der Waals surface area contributed by atoms with Crippen molar-refractivity contribution in [2.45, 2.75) is 78.8 Å². The molecule has 7 nitrogen and oxygen atoms in total. The summed E-state index contributed by atoms with van der Waals surface area (Å²) < 4.78 is 25.7. The van der Waals surface area contributed by atoms with E-state index in [1.807, 2.05) is 38.7 Å². The molecule has 0 fully saturated rings. The van der Waals surface area contributed by atoms with E-state index in [9.17, 15) is 14.2 Å². The molecular formula is C25H41N2O5P. The smallest absolute Gasteiger partial charge is 0.348 e. The van der Waals surface area contributed by atoms with Crippen molar-refractivity contribution in [3.05, 3.63) is 35.9 Å². The molecule has 33 heavy (non-hydrogen) atoms. The van der Waals surface area contributed by atoms with Gasteiger partial charge in [-0.05, 0) is 44.7 Å². The molecule has 0 bridgehead atoms. The molecule has 8 heteroatoms. The van der Waals surface area contributed by atoms with Gasteiger partial charge in [-0.25, -0.2) is 0 Å². The number of rotatable bonds is 16. The molecule has 0 aliphatic carbocycles. The van der Waals surface area contributed by atoms with Crippen molar-refractivity contribution in [1.29, 1.82) is 0 Å². The Balaban J connectivity index is 3.58. The zero-order chi connectivity index (χ0) is 24.7. The maximum absolute atomic E-state index is 14.1. The maximum Gasteiger partial charge on any atom is 0.348 e. The molecule has 0 saturated carbocycles. The van der Waals surface area contributed by atoms with Crippen LogP contribution in [0.2, 0.25) is 0 Å². The molecule has 1 amide bonds. The molecule has 0 aliphatic rings. The first-order valence-electron chi connectivity index (χ1n) is 12.2. The second kappa shape index (κ2) is 15.9. The maximum atomic E-state index is 14.1. The SMILES string of the molecule is CCCCOP(=O)(OCCCC)C(C(C)=O)C(=NC(=O)c1ccccc1)N(CCC)CCC. The summed E-state index contributed by atoms with van der Waals surface area (Å²) in [5.74, 6) is -0.692. The number of amidine groups is 1. The minimum Gasteiger partial charge on any atom is -0.359 e. The number of carbonyl (C=O) groups excluding carboxylic acids is 2. The normalized spacial score (nSPS) is 13.1. The summed E-state index contributed by atoms with van der Waals surface area (Å²) in [7, 11) is -3.92. The summed E-state index contributed by atoms with van der Waals surface area (Å²) in [6.45, 7) is 11.0. The third-order valence-electron chi connectivity index (χ3n) is 5.03. The van der Waals surface area contributed by atoms with Gasteiger partial charge in [-0.1, -0.05) is 58.7 Å². The van der Waals surface area contributed by atoms with Crippen LogP contribution in [0, 0.1) is 0 Å². The second-order valence-electron chi connectivity index (χ2n) is 8.05. The van der Waals surface area contributed by atoms with Crippen molar-refractivity contribution in [3.8, 4) is 0 Å². The zero-order valence-electron chi connectivity index (χ0n) is 20.9. The molecule has 1 aromatic rings. The fourth-order valence-electron chi connectivity index (χ4n) is 3.34. The van der Waals surface area contributed by atoms with Crippen LogP contribution in [0.1, 0.15) is 83.5 Å². The van der Waals surface area contributed by atoms with Crippen molar-refractivity contribution in [2.75, 3.05) is 26.3 Å². The molecule has 1 atom stereocenters. The standard InChI is InChI=1S/C25H41N2O5P/c1-6-10-19-31-33(30,32-20-11-7-2)23(21(5)28)24(27(17-8-3)18-9-4)26-25(29)22-15-13-12-14-16-22/h12-16,23H,6-11,17-20H2,1-5H3. The van der Waals surface area contributed by atoms with Crippen LogP contribution in [0.5, 0.6) is 0 Å². The molecule has 0 heterocycles. The van der Waals surface area contributed by atoms with Crippen LogP contribution in [0.25, 0.3) is 0 Å². The van der Waals surface area contributed by atoms with E-state index in [0.717, 1.165) is 25.7 Å². The van der Waals surface area contributed by atoms with Gasteiger partial charge in [-0.2, -0.15) is 4.99 Å². The highest BCUT2D eigenvalue weighted by Gasteiger charge is 2.45. The van der Waals surface area contributed by atoms with Crippen molar-refractivity contribution in [2.24, 2.45) is 4.99 Å². The van der Waals surface area contributed by atoms with Gasteiger partial charge in [-0.3, -0.25) is 14.2 Å². The van der Waals surface area contributed by atoms with E-state index >= 15 is 0 Å². The molecule has 0 N–H and O–H groups in total. The average molecular weight is 481 g/mol. The number of amides is 1. The Hall–Kier alpha value is -1.82. The van der Waals surface area contributed by atoms with Crippen LogP contribution in [0.4, 0.5) is 0 Å². The van der Waals surface area contributed by atoms with Gasteiger partial charge in [-0.15, -0.1) is 0 Å². The number of benzene rings is 1. The van der Waals surface area contributed by atoms with Crippen LogP contribution in [0.15, 0.2) is 35.3 Å². The Morgan fingerprint density at radius 3 is 1.85 bits per heavy atom. The monoisotopic (exact) mass is 480 g/mol. The van der Waals surface area contributed by atoms with Gasteiger partial charge in [0.25, 0.3) is 5.91 Å². The van der Waals surface area contributed by atoms with Crippen LogP contribution in [-0.2, 0) is 18.4 Å².